The first-order chi connectivity index (χ1) is 14.2. The molecule has 0 fully saturated rings. The number of hydrogen-bond donors (Lipinski definition) is 1. The molecule has 0 bridgehead atoms. The van der Waals surface area contributed by atoms with Crippen molar-refractivity contribution < 1.29 is 59.1 Å². The maximum atomic E-state index is 13.8. The zero-order valence-electron chi connectivity index (χ0n) is 16.1. The summed E-state index contributed by atoms with van der Waals surface area (Å²) in [6, 6.07) is 3.90. The maximum absolute atomic E-state index is 13.8. The Balaban J connectivity index is 0.00000161. The molecule has 2 aromatic carbocycles. The summed E-state index contributed by atoms with van der Waals surface area (Å²) >= 11 is -0.556. The molecule has 16 heteroatoms. The molecule has 0 spiro atoms. The molecule has 1 N–H and O–H groups in total. The molecule has 3 nitrogen and oxygen atoms in total. The SMILES string of the molecule is CC(C)(C)c1cccc(N=Nc2c(F)c(F)c(S(F)(F)(F)(F)F)c(F)c2F)c1O.[Cl][Ti][Cl]. The van der Waals surface area contributed by atoms with Gasteiger partial charge < -0.3 is 5.11 Å². The number of benzene rings is 2. The molecular formula is C16H13Cl2F9N2OSTi. The molecule has 0 atom stereocenters. The van der Waals surface area contributed by atoms with E-state index in [1.165, 1.54) is 12.1 Å². The van der Waals surface area contributed by atoms with E-state index in [0.717, 1.165) is 6.07 Å². The third kappa shape index (κ3) is 6.69. The van der Waals surface area contributed by atoms with Crippen LogP contribution in [-0.4, -0.2) is 5.11 Å². The van der Waals surface area contributed by atoms with E-state index in [1.807, 2.05) is 0 Å². The van der Waals surface area contributed by atoms with Crippen molar-refractivity contribution in [2.75, 3.05) is 0 Å². The van der Waals surface area contributed by atoms with Gasteiger partial charge in [-0.3, -0.25) is 0 Å². The van der Waals surface area contributed by atoms with E-state index in [1.54, 1.807) is 20.8 Å². The van der Waals surface area contributed by atoms with Gasteiger partial charge in [-0.1, -0.05) is 52.3 Å². The fraction of sp³-hybridized carbons (Fsp3) is 0.250. The molecule has 0 saturated heterocycles. The van der Waals surface area contributed by atoms with Gasteiger partial charge in [0.05, 0.1) is 0 Å². The van der Waals surface area contributed by atoms with E-state index in [-0.39, 0.29) is 0 Å². The van der Waals surface area contributed by atoms with Crippen LogP contribution in [0.15, 0.2) is 33.3 Å². The van der Waals surface area contributed by atoms with Gasteiger partial charge in [0.2, 0.25) is 0 Å². The second kappa shape index (κ2) is 8.90. The summed E-state index contributed by atoms with van der Waals surface area (Å²) in [5.41, 5.74) is -2.78. The standard InChI is InChI=1S/C16H13F9N2OS.2ClH.Ti/c1-16(2,3)7-5-4-6-8(14(7)28)26-27-13-9(17)11(19)15(12(20)10(13)18)29(21,22,23,24)25;;;/h4-6,28H,1-3H3;2*1H;/q;;;+2/p-2. The number of hydrogen-bond acceptors (Lipinski definition) is 3. The topological polar surface area (TPSA) is 45.0 Å². The van der Waals surface area contributed by atoms with E-state index >= 15 is 0 Å². The minimum atomic E-state index is -11.1. The molecule has 0 aliphatic rings. The van der Waals surface area contributed by atoms with Crippen LogP contribution < -0.4 is 0 Å². The van der Waals surface area contributed by atoms with Crippen LogP contribution in [0, 0.1) is 23.3 Å². The quantitative estimate of drug-likeness (QED) is 0.170. The molecule has 0 amide bonds. The zero-order valence-corrected chi connectivity index (χ0v) is 20.0. The molecule has 0 saturated carbocycles. The fourth-order valence-corrected chi connectivity index (χ4v) is 3.20. The van der Waals surface area contributed by atoms with E-state index in [0.29, 0.717) is 5.56 Å². The van der Waals surface area contributed by atoms with Crippen LogP contribution in [-0.2, 0) is 22.4 Å². The average Bonchev–Trinajstić information content (AvgIpc) is 2.58. The normalized spacial score (nSPS) is 14.4. The number of azo groups is 1. The van der Waals surface area contributed by atoms with Crippen LogP contribution in [0.2, 0.25) is 0 Å². The molecule has 0 heterocycles. The molecule has 32 heavy (non-hydrogen) atoms. The summed E-state index contributed by atoms with van der Waals surface area (Å²) in [7, 11) is -1.32. The summed E-state index contributed by atoms with van der Waals surface area (Å²) in [5, 5.41) is 16.1. The fourth-order valence-electron chi connectivity index (χ4n) is 2.35. The van der Waals surface area contributed by atoms with Crippen LogP contribution in [0.1, 0.15) is 26.3 Å². The predicted octanol–water partition coefficient (Wildman–Crippen LogP) is 9.70. The molecule has 0 unspecified atom stereocenters. The van der Waals surface area contributed by atoms with Crippen LogP contribution in [0.25, 0.3) is 0 Å². The van der Waals surface area contributed by atoms with Crippen LogP contribution >= 0.6 is 28.8 Å². The monoisotopic (exact) mass is 570 g/mol. The summed E-state index contributed by atoms with van der Waals surface area (Å²) in [6.45, 7) is 5.06. The average molecular weight is 571 g/mol. The Morgan fingerprint density at radius 3 is 1.66 bits per heavy atom. The van der Waals surface area contributed by atoms with E-state index < -0.39 is 78.0 Å². The van der Waals surface area contributed by atoms with Gasteiger partial charge >= 0.3 is 45.9 Å². The Bertz CT molecular complexity index is 1030. The first-order valence-electron chi connectivity index (χ1n) is 7.97. The summed E-state index contributed by atoms with van der Waals surface area (Å²) in [6.07, 6.45) is 0. The van der Waals surface area contributed by atoms with E-state index in [2.05, 4.69) is 10.2 Å². The summed E-state index contributed by atoms with van der Waals surface area (Å²) in [4.78, 5) is -3.95. The van der Waals surface area contributed by atoms with Crippen molar-refractivity contribution in [3.63, 3.8) is 0 Å². The first-order valence-corrected chi connectivity index (χ1v) is 14.2. The minimum absolute atomic E-state index is 0.295. The van der Waals surface area contributed by atoms with Crippen molar-refractivity contribution in [3.05, 3.63) is 47.0 Å². The van der Waals surface area contributed by atoms with Crippen molar-refractivity contribution in [2.45, 2.75) is 31.1 Å². The Hall–Kier alpha value is -1.15. The van der Waals surface area contributed by atoms with Crippen molar-refractivity contribution in [1.82, 2.24) is 0 Å². The molecule has 0 aliphatic heterocycles. The van der Waals surface area contributed by atoms with E-state index in [9.17, 15) is 42.1 Å². The zero-order chi connectivity index (χ0) is 25.3. The second-order valence-electron chi connectivity index (χ2n) is 7.10. The molecule has 2 rings (SSSR count). The number of phenols is 1. The number of nitrogens with zero attached hydrogens (tertiary/aromatic N) is 2. The second-order valence-corrected chi connectivity index (χ2v) is 12.0. The Morgan fingerprint density at radius 1 is 0.844 bits per heavy atom. The molecule has 0 radical (unpaired) electrons. The van der Waals surface area contributed by atoms with Gasteiger partial charge in [0, 0.05) is 5.56 Å². The molecule has 180 valence electrons. The van der Waals surface area contributed by atoms with E-state index in [4.69, 9.17) is 18.6 Å². The van der Waals surface area contributed by atoms with Crippen LogP contribution in [0.5, 0.6) is 5.75 Å². The van der Waals surface area contributed by atoms with Crippen molar-refractivity contribution in [1.29, 1.82) is 0 Å². The number of aromatic hydroxyl groups is 1. The first kappa shape index (κ1) is 28.9. The Labute approximate surface area is 193 Å². The number of phenolic OH excluding ortho intramolecular Hbond substituents is 1. The molecule has 0 aromatic heterocycles. The van der Waals surface area contributed by atoms with Gasteiger partial charge in [-0.2, -0.15) is 0 Å². The number of para-hydroxylation sites is 1. The van der Waals surface area contributed by atoms with Gasteiger partial charge in [-0.25, -0.2) is 17.6 Å². The van der Waals surface area contributed by atoms with Crippen molar-refractivity contribution >= 4 is 40.2 Å². The van der Waals surface area contributed by atoms with Crippen molar-refractivity contribution in [3.8, 4) is 5.75 Å². The Kier molecular flexibility index (Phi) is 8.03. The van der Waals surface area contributed by atoms with Gasteiger partial charge in [0.25, 0.3) is 0 Å². The Morgan fingerprint density at radius 2 is 1.28 bits per heavy atom. The third-order valence-electron chi connectivity index (χ3n) is 3.67. The van der Waals surface area contributed by atoms with Gasteiger partial charge in [-0.15, -0.1) is 10.2 Å². The molecule has 2 aromatic rings. The van der Waals surface area contributed by atoms with Crippen LogP contribution in [0.3, 0.4) is 0 Å². The van der Waals surface area contributed by atoms with Gasteiger partial charge in [0.1, 0.15) is 11.4 Å². The molecule has 0 aliphatic carbocycles. The van der Waals surface area contributed by atoms with Crippen molar-refractivity contribution in [2.24, 2.45) is 10.2 Å². The number of rotatable bonds is 3. The summed E-state index contributed by atoms with van der Waals surface area (Å²) < 4.78 is 118. The predicted molar refractivity (Wildman–Crippen MR) is 100 cm³/mol. The van der Waals surface area contributed by atoms with Gasteiger partial charge in [-0.05, 0) is 11.5 Å². The van der Waals surface area contributed by atoms with Crippen LogP contribution in [0.4, 0.5) is 48.4 Å². The molecular weight excluding hydrogens is 558 g/mol. The van der Waals surface area contributed by atoms with Gasteiger partial charge in [0.15, 0.2) is 33.9 Å². The third-order valence-corrected chi connectivity index (χ3v) is 4.80. The summed E-state index contributed by atoms with van der Waals surface area (Å²) in [5.74, 6) is -12.9. The number of halogens is 11.